The number of benzene rings is 1. The van der Waals surface area contributed by atoms with E-state index < -0.39 is 17.5 Å². The molecule has 2 aliphatic rings. The Hall–Kier alpha value is -1.89. The Morgan fingerprint density at radius 3 is 2.68 bits per heavy atom. The van der Waals surface area contributed by atoms with Gasteiger partial charge in [-0.1, -0.05) is 43.7 Å². The van der Waals surface area contributed by atoms with E-state index in [9.17, 15) is 15.0 Å². The monoisotopic (exact) mass is 488 g/mol. The van der Waals surface area contributed by atoms with Gasteiger partial charge in [0, 0.05) is 17.1 Å². The molecule has 7 heteroatoms. The van der Waals surface area contributed by atoms with Gasteiger partial charge in [0.2, 0.25) is 0 Å². The molecular formula is C27H37ClN2O4. The molecule has 1 aliphatic heterocycles. The second-order valence-corrected chi connectivity index (χ2v) is 10.6. The van der Waals surface area contributed by atoms with E-state index in [-0.39, 0.29) is 0 Å². The number of fused-ring (bicyclic) bond motifs is 1. The van der Waals surface area contributed by atoms with E-state index >= 15 is 0 Å². The van der Waals surface area contributed by atoms with Crippen molar-refractivity contribution in [2.24, 2.45) is 11.3 Å². The predicted molar refractivity (Wildman–Crippen MR) is 134 cm³/mol. The van der Waals surface area contributed by atoms with Crippen LogP contribution in [0.5, 0.6) is 5.75 Å². The summed E-state index contributed by atoms with van der Waals surface area (Å²) in [5, 5.41) is 22.4. The highest BCUT2D eigenvalue weighted by atomic mass is 35.5. The highest BCUT2D eigenvalue weighted by molar-refractivity contribution is 6.32. The minimum Gasteiger partial charge on any atom is -0.497 e. The van der Waals surface area contributed by atoms with Crippen molar-refractivity contribution < 1.29 is 19.7 Å². The molecule has 1 aliphatic carbocycles. The van der Waals surface area contributed by atoms with Gasteiger partial charge in [-0.15, -0.1) is 0 Å². The highest BCUT2D eigenvalue weighted by Crippen LogP contribution is 2.41. The van der Waals surface area contributed by atoms with Gasteiger partial charge < -0.3 is 19.8 Å². The number of carboxylic acids is 1. The van der Waals surface area contributed by atoms with Crippen LogP contribution in [0.4, 0.5) is 0 Å². The minimum atomic E-state index is -0.870. The van der Waals surface area contributed by atoms with E-state index in [4.69, 9.17) is 16.3 Å². The summed E-state index contributed by atoms with van der Waals surface area (Å²) >= 11 is 6.44. The molecule has 0 radical (unpaired) electrons. The molecule has 2 fully saturated rings. The molecule has 186 valence electrons. The SMILES string of the molecule is COc1ccc2ncc(Cl)c([C@H](O)CCC3(C(=O)O)CCN(CCC4CCCCC4)CC3)c2c1. The average molecular weight is 489 g/mol. The number of aromatic nitrogens is 1. The van der Waals surface area contributed by atoms with Crippen LogP contribution in [0.15, 0.2) is 24.4 Å². The summed E-state index contributed by atoms with van der Waals surface area (Å²) < 4.78 is 5.33. The van der Waals surface area contributed by atoms with Crippen molar-refractivity contribution in [2.75, 3.05) is 26.7 Å². The van der Waals surface area contributed by atoms with Gasteiger partial charge in [-0.25, -0.2) is 0 Å². The van der Waals surface area contributed by atoms with Crippen molar-refractivity contribution in [1.82, 2.24) is 9.88 Å². The first-order valence-electron chi connectivity index (χ1n) is 12.7. The molecule has 0 spiro atoms. The van der Waals surface area contributed by atoms with Crippen molar-refractivity contribution in [3.63, 3.8) is 0 Å². The number of nitrogens with zero attached hydrogens (tertiary/aromatic N) is 2. The molecule has 0 unspecified atom stereocenters. The van der Waals surface area contributed by atoms with Crippen LogP contribution in [0, 0.1) is 11.3 Å². The molecule has 0 amide bonds. The fourth-order valence-corrected chi connectivity index (χ4v) is 6.08. The number of piperidine rings is 1. The van der Waals surface area contributed by atoms with Gasteiger partial charge in [0.15, 0.2) is 0 Å². The number of pyridine rings is 1. The summed E-state index contributed by atoms with van der Waals surface area (Å²) in [4.78, 5) is 19.1. The standard InChI is InChI=1S/C27H37ClN2O4/c1-34-20-7-8-23-21(17-20)25(22(28)18-29-23)24(31)9-11-27(26(32)33)12-15-30(16-13-27)14-10-19-5-3-2-4-6-19/h7-8,17-19,24,31H,2-6,9-16H2,1H3,(H,32,33)/t24-/m1/s1. The van der Waals surface area contributed by atoms with Crippen molar-refractivity contribution >= 4 is 28.5 Å². The number of aliphatic carboxylic acids is 1. The fraction of sp³-hybridized carbons (Fsp3) is 0.630. The largest absolute Gasteiger partial charge is 0.497 e. The number of ether oxygens (including phenoxy) is 1. The van der Waals surface area contributed by atoms with Gasteiger partial charge in [0.25, 0.3) is 0 Å². The van der Waals surface area contributed by atoms with E-state index in [1.54, 1.807) is 13.3 Å². The van der Waals surface area contributed by atoms with Crippen LogP contribution < -0.4 is 4.74 Å². The van der Waals surface area contributed by atoms with Crippen molar-refractivity contribution in [2.45, 2.75) is 70.3 Å². The molecule has 4 rings (SSSR count). The van der Waals surface area contributed by atoms with Crippen LogP contribution in [0.25, 0.3) is 10.9 Å². The van der Waals surface area contributed by atoms with Crippen molar-refractivity contribution in [1.29, 1.82) is 0 Å². The summed E-state index contributed by atoms with van der Waals surface area (Å²) in [7, 11) is 1.59. The molecule has 2 N–H and O–H groups in total. The summed E-state index contributed by atoms with van der Waals surface area (Å²) in [6.45, 7) is 2.69. The van der Waals surface area contributed by atoms with E-state index in [0.717, 1.165) is 36.5 Å². The molecule has 1 aromatic heterocycles. The van der Waals surface area contributed by atoms with Gasteiger partial charge in [-0.05, 0) is 75.9 Å². The summed E-state index contributed by atoms with van der Waals surface area (Å²) in [6, 6.07) is 5.48. The zero-order valence-electron chi connectivity index (χ0n) is 20.1. The van der Waals surface area contributed by atoms with Crippen molar-refractivity contribution in [3.05, 3.63) is 35.0 Å². The molecule has 1 saturated heterocycles. The van der Waals surface area contributed by atoms with Crippen LogP contribution in [0.1, 0.15) is 75.9 Å². The van der Waals surface area contributed by atoms with Crippen LogP contribution in [-0.2, 0) is 4.79 Å². The zero-order chi connectivity index (χ0) is 24.1. The summed E-state index contributed by atoms with van der Waals surface area (Å²) in [5.41, 5.74) is 0.518. The summed E-state index contributed by atoms with van der Waals surface area (Å²) in [6.07, 6.45) is 10.7. The lowest BCUT2D eigenvalue weighted by Gasteiger charge is -2.40. The predicted octanol–water partition coefficient (Wildman–Crippen LogP) is 5.85. The molecule has 2 heterocycles. The third kappa shape index (κ3) is 5.67. The zero-order valence-corrected chi connectivity index (χ0v) is 20.9. The maximum absolute atomic E-state index is 12.3. The Kier molecular flexibility index (Phi) is 8.33. The lowest BCUT2D eigenvalue weighted by atomic mass is 9.74. The third-order valence-corrected chi connectivity index (χ3v) is 8.44. The van der Waals surface area contributed by atoms with Gasteiger partial charge in [-0.3, -0.25) is 9.78 Å². The number of hydrogen-bond donors (Lipinski definition) is 2. The number of hydrogen-bond acceptors (Lipinski definition) is 5. The number of likely N-dealkylation sites (tertiary alicyclic amines) is 1. The molecular weight excluding hydrogens is 452 g/mol. The van der Waals surface area contributed by atoms with Gasteiger partial charge >= 0.3 is 5.97 Å². The smallest absolute Gasteiger partial charge is 0.309 e. The Balaban J connectivity index is 1.39. The number of carboxylic acid groups (broad SMARTS) is 1. The first-order valence-corrected chi connectivity index (χ1v) is 13.1. The number of aliphatic hydroxyl groups excluding tert-OH is 1. The third-order valence-electron chi connectivity index (χ3n) is 8.14. The van der Waals surface area contributed by atoms with Gasteiger partial charge in [-0.2, -0.15) is 0 Å². The first kappa shape index (κ1) is 25.2. The Morgan fingerprint density at radius 2 is 2.00 bits per heavy atom. The Bertz CT molecular complexity index is 984. The topological polar surface area (TPSA) is 82.9 Å². The first-order chi connectivity index (χ1) is 16.4. The normalized spacial score (nSPS) is 20.3. The molecule has 1 aromatic carbocycles. The van der Waals surface area contributed by atoms with Crippen LogP contribution in [-0.4, -0.2) is 52.8 Å². The molecule has 2 aromatic rings. The lowest BCUT2D eigenvalue weighted by Crippen LogP contribution is -2.45. The lowest BCUT2D eigenvalue weighted by molar-refractivity contribution is -0.153. The molecule has 34 heavy (non-hydrogen) atoms. The van der Waals surface area contributed by atoms with E-state index in [0.29, 0.717) is 42.0 Å². The summed E-state index contributed by atoms with van der Waals surface area (Å²) in [5.74, 6) is 0.750. The van der Waals surface area contributed by atoms with Crippen LogP contribution in [0.3, 0.4) is 0 Å². The second kappa shape index (κ2) is 11.2. The minimum absolute atomic E-state index is 0.338. The second-order valence-electron chi connectivity index (χ2n) is 10.2. The molecule has 1 saturated carbocycles. The van der Waals surface area contributed by atoms with E-state index in [2.05, 4.69) is 9.88 Å². The molecule has 0 bridgehead atoms. The average Bonchev–Trinajstić information content (AvgIpc) is 2.86. The van der Waals surface area contributed by atoms with Crippen LogP contribution in [0.2, 0.25) is 5.02 Å². The number of halogens is 1. The number of aliphatic hydroxyl groups is 1. The molecule has 1 atom stereocenters. The quantitative estimate of drug-likeness (QED) is 0.460. The highest BCUT2D eigenvalue weighted by Gasteiger charge is 2.41. The van der Waals surface area contributed by atoms with Gasteiger partial charge in [0.05, 0.1) is 29.2 Å². The number of rotatable bonds is 9. The number of carbonyl (C=O) groups is 1. The van der Waals surface area contributed by atoms with E-state index in [1.807, 2.05) is 18.2 Å². The number of methoxy groups -OCH3 is 1. The van der Waals surface area contributed by atoms with Crippen LogP contribution >= 0.6 is 11.6 Å². The van der Waals surface area contributed by atoms with Crippen molar-refractivity contribution in [3.8, 4) is 5.75 Å². The Morgan fingerprint density at radius 1 is 1.26 bits per heavy atom. The maximum Gasteiger partial charge on any atom is 0.309 e. The van der Waals surface area contributed by atoms with E-state index in [1.165, 1.54) is 38.5 Å². The van der Waals surface area contributed by atoms with Gasteiger partial charge in [0.1, 0.15) is 5.75 Å². The molecule has 6 nitrogen and oxygen atoms in total. The maximum atomic E-state index is 12.3. The Labute approximate surface area is 207 Å². The fourth-order valence-electron chi connectivity index (χ4n) is 5.81.